The van der Waals surface area contributed by atoms with Crippen LogP contribution in [0.25, 0.3) is 11.1 Å². The third-order valence-electron chi connectivity index (χ3n) is 3.33. The molecule has 3 nitrogen and oxygen atoms in total. The van der Waals surface area contributed by atoms with Crippen molar-refractivity contribution >= 4 is 33.0 Å². The molecule has 3 rings (SSSR count). The van der Waals surface area contributed by atoms with Crippen LogP contribution in [0.1, 0.15) is 19.3 Å². The summed E-state index contributed by atoms with van der Waals surface area (Å²) >= 11 is 3.58. The van der Waals surface area contributed by atoms with Crippen molar-refractivity contribution in [3.05, 3.63) is 24.3 Å². The van der Waals surface area contributed by atoms with Gasteiger partial charge < -0.3 is 9.32 Å². The minimum atomic E-state index is 0.511. The van der Waals surface area contributed by atoms with E-state index in [1.807, 2.05) is 24.3 Å². The van der Waals surface area contributed by atoms with Crippen LogP contribution in [0.5, 0.6) is 0 Å². The molecule has 1 fully saturated rings. The number of anilines is 1. The summed E-state index contributed by atoms with van der Waals surface area (Å²) in [6, 6.07) is 9.23. The molecule has 1 aromatic carbocycles. The van der Waals surface area contributed by atoms with Crippen LogP contribution >= 0.6 is 15.9 Å². The van der Waals surface area contributed by atoms with Crippen molar-refractivity contribution in [2.75, 3.05) is 16.8 Å². The Kier molecular flexibility index (Phi) is 3.05. The number of benzene rings is 1. The number of nitrogens with zero attached hydrogens (tertiary/aromatic N) is 2. The fraction of sp³-hybridized carbons (Fsp3) is 0.462. The van der Waals surface area contributed by atoms with E-state index in [4.69, 9.17) is 4.42 Å². The molecule has 0 aliphatic carbocycles. The fourth-order valence-corrected chi connectivity index (χ4v) is 3.07. The van der Waals surface area contributed by atoms with E-state index in [1.165, 1.54) is 19.3 Å². The fourth-order valence-electron chi connectivity index (χ4n) is 2.40. The molecular formula is C13H15BrN2O. The monoisotopic (exact) mass is 294 g/mol. The van der Waals surface area contributed by atoms with Gasteiger partial charge in [-0.25, -0.2) is 0 Å². The molecule has 90 valence electrons. The second-order valence-corrected chi connectivity index (χ2v) is 5.11. The summed E-state index contributed by atoms with van der Waals surface area (Å²) in [5.41, 5.74) is 1.82. The Morgan fingerprint density at radius 2 is 2.24 bits per heavy atom. The quantitative estimate of drug-likeness (QED) is 0.793. The Bertz CT molecular complexity index is 478. The molecule has 0 N–H and O–H groups in total. The molecule has 0 spiro atoms. The Morgan fingerprint density at radius 3 is 3.06 bits per heavy atom. The molecule has 0 radical (unpaired) electrons. The van der Waals surface area contributed by atoms with Crippen LogP contribution in [0.4, 0.5) is 6.01 Å². The van der Waals surface area contributed by atoms with E-state index in [0.717, 1.165) is 29.0 Å². The highest BCUT2D eigenvalue weighted by Gasteiger charge is 2.25. The lowest BCUT2D eigenvalue weighted by molar-refractivity contribution is 0.448. The highest BCUT2D eigenvalue weighted by Crippen LogP contribution is 2.28. The van der Waals surface area contributed by atoms with Gasteiger partial charge in [-0.2, -0.15) is 4.98 Å². The Labute approximate surface area is 109 Å². The average molecular weight is 295 g/mol. The SMILES string of the molecule is BrCC1CCCCN1c1nc2ccccc2o1. The highest BCUT2D eigenvalue weighted by atomic mass is 79.9. The number of oxazole rings is 1. The van der Waals surface area contributed by atoms with E-state index in [0.29, 0.717) is 6.04 Å². The number of hydrogen-bond acceptors (Lipinski definition) is 3. The van der Waals surface area contributed by atoms with Gasteiger partial charge in [-0.1, -0.05) is 28.1 Å². The number of rotatable bonds is 2. The number of para-hydroxylation sites is 2. The van der Waals surface area contributed by atoms with Gasteiger partial charge in [-0.15, -0.1) is 0 Å². The van der Waals surface area contributed by atoms with Crippen LogP contribution in [0.15, 0.2) is 28.7 Å². The molecule has 2 heterocycles. The zero-order valence-electron chi connectivity index (χ0n) is 9.60. The Morgan fingerprint density at radius 1 is 1.35 bits per heavy atom. The molecule has 1 aliphatic heterocycles. The third-order valence-corrected chi connectivity index (χ3v) is 4.08. The van der Waals surface area contributed by atoms with Gasteiger partial charge in [0.05, 0.1) is 0 Å². The summed E-state index contributed by atoms with van der Waals surface area (Å²) in [6.07, 6.45) is 3.74. The molecule has 2 aromatic rings. The van der Waals surface area contributed by atoms with Crippen LogP contribution in [0, 0.1) is 0 Å². The van der Waals surface area contributed by atoms with Gasteiger partial charge >= 0.3 is 0 Å². The third kappa shape index (κ3) is 2.06. The van der Waals surface area contributed by atoms with Crippen molar-refractivity contribution in [3.63, 3.8) is 0 Å². The van der Waals surface area contributed by atoms with Crippen molar-refractivity contribution in [2.45, 2.75) is 25.3 Å². The molecule has 1 atom stereocenters. The van der Waals surface area contributed by atoms with Crippen molar-refractivity contribution in [3.8, 4) is 0 Å². The molecule has 0 bridgehead atoms. The molecule has 1 aromatic heterocycles. The second kappa shape index (κ2) is 4.69. The first-order chi connectivity index (χ1) is 8.38. The van der Waals surface area contributed by atoms with Gasteiger partial charge in [0.15, 0.2) is 5.58 Å². The zero-order chi connectivity index (χ0) is 11.7. The lowest BCUT2D eigenvalue weighted by atomic mass is 10.0. The van der Waals surface area contributed by atoms with Crippen molar-refractivity contribution in [2.24, 2.45) is 0 Å². The maximum Gasteiger partial charge on any atom is 0.298 e. The molecule has 17 heavy (non-hydrogen) atoms. The molecule has 1 saturated heterocycles. The Hall–Kier alpha value is -1.03. The molecule has 1 unspecified atom stereocenters. The summed E-state index contributed by atoms with van der Waals surface area (Å²) in [7, 11) is 0. The minimum absolute atomic E-state index is 0.511. The largest absolute Gasteiger partial charge is 0.423 e. The second-order valence-electron chi connectivity index (χ2n) is 4.46. The number of piperidine rings is 1. The van der Waals surface area contributed by atoms with Crippen LogP contribution < -0.4 is 4.90 Å². The maximum absolute atomic E-state index is 5.83. The first-order valence-corrected chi connectivity index (χ1v) is 7.19. The topological polar surface area (TPSA) is 29.3 Å². The summed E-state index contributed by atoms with van der Waals surface area (Å²) in [5, 5.41) is 0.978. The van der Waals surface area contributed by atoms with Gasteiger partial charge in [-0.05, 0) is 31.4 Å². The molecule has 4 heteroatoms. The van der Waals surface area contributed by atoms with Gasteiger partial charge in [-0.3, -0.25) is 0 Å². The van der Waals surface area contributed by atoms with Crippen LogP contribution in [-0.2, 0) is 0 Å². The normalized spacial score (nSPS) is 21.0. The predicted molar refractivity (Wildman–Crippen MR) is 72.8 cm³/mol. The first kappa shape index (κ1) is 11.1. The first-order valence-electron chi connectivity index (χ1n) is 6.06. The smallest absolute Gasteiger partial charge is 0.298 e. The van der Waals surface area contributed by atoms with Crippen molar-refractivity contribution in [1.82, 2.24) is 4.98 Å². The van der Waals surface area contributed by atoms with Gasteiger partial charge in [0.2, 0.25) is 0 Å². The number of aromatic nitrogens is 1. The average Bonchev–Trinajstić information content (AvgIpc) is 2.82. The molecular weight excluding hydrogens is 280 g/mol. The summed E-state index contributed by atoms with van der Waals surface area (Å²) < 4.78 is 5.83. The molecule has 0 amide bonds. The van der Waals surface area contributed by atoms with Gasteiger partial charge in [0, 0.05) is 17.9 Å². The minimum Gasteiger partial charge on any atom is -0.423 e. The zero-order valence-corrected chi connectivity index (χ0v) is 11.2. The van der Waals surface area contributed by atoms with E-state index in [9.17, 15) is 0 Å². The lowest BCUT2D eigenvalue weighted by Crippen LogP contribution is -2.40. The summed E-state index contributed by atoms with van der Waals surface area (Å²) in [4.78, 5) is 6.86. The molecule has 1 aliphatic rings. The number of hydrogen-bond donors (Lipinski definition) is 0. The van der Waals surface area contributed by atoms with Crippen molar-refractivity contribution in [1.29, 1.82) is 0 Å². The van der Waals surface area contributed by atoms with Crippen molar-refractivity contribution < 1.29 is 4.42 Å². The number of alkyl halides is 1. The van der Waals surface area contributed by atoms with Gasteiger partial charge in [0.25, 0.3) is 6.01 Å². The van der Waals surface area contributed by atoms with E-state index < -0.39 is 0 Å². The van der Waals surface area contributed by atoms with Crippen LogP contribution in [0.2, 0.25) is 0 Å². The standard InChI is InChI=1S/C13H15BrN2O/c14-9-10-5-3-4-8-16(10)13-15-11-6-1-2-7-12(11)17-13/h1-2,6-7,10H,3-5,8-9H2. The van der Waals surface area contributed by atoms with E-state index in [1.54, 1.807) is 0 Å². The van der Waals surface area contributed by atoms with Crippen LogP contribution in [0.3, 0.4) is 0 Å². The summed E-state index contributed by atoms with van der Waals surface area (Å²) in [5.74, 6) is 0. The van der Waals surface area contributed by atoms with E-state index in [2.05, 4.69) is 25.8 Å². The Balaban J connectivity index is 1.96. The lowest BCUT2D eigenvalue weighted by Gasteiger charge is -2.33. The van der Waals surface area contributed by atoms with Gasteiger partial charge in [0.1, 0.15) is 5.52 Å². The summed E-state index contributed by atoms with van der Waals surface area (Å²) in [6.45, 7) is 1.04. The highest BCUT2D eigenvalue weighted by molar-refractivity contribution is 9.09. The maximum atomic E-state index is 5.83. The number of fused-ring (bicyclic) bond motifs is 1. The molecule has 0 saturated carbocycles. The number of halogens is 1. The van der Waals surface area contributed by atoms with Crippen LogP contribution in [-0.4, -0.2) is 22.9 Å². The predicted octanol–water partition coefficient (Wildman–Crippen LogP) is 3.58. The van der Waals surface area contributed by atoms with E-state index in [-0.39, 0.29) is 0 Å². The van der Waals surface area contributed by atoms with E-state index >= 15 is 0 Å².